The minimum absolute atomic E-state index is 0.0136. The van der Waals surface area contributed by atoms with Gasteiger partial charge < -0.3 is 15.5 Å². The van der Waals surface area contributed by atoms with E-state index in [4.69, 9.17) is 11.6 Å². The fourth-order valence-electron chi connectivity index (χ4n) is 2.40. The van der Waals surface area contributed by atoms with E-state index in [1.807, 2.05) is 32.0 Å². The Kier molecular flexibility index (Phi) is 4.74. The molecule has 3 rings (SSSR count). The van der Waals surface area contributed by atoms with E-state index in [0.29, 0.717) is 15.6 Å². The van der Waals surface area contributed by atoms with Crippen molar-refractivity contribution < 1.29 is 15.0 Å². The fraction of sp³-hybridized carbons (Fsp3) is 0.111. The summed E-state index contributed by atoms with van der Waals surface area (Å²) < 4.78 is 0. The maximum absolute atomic E-state index is 12.2. The highest BCUT2D eigenvalue weighted by atomic mass is 35.5. The lowest BCUT2D eigenvalue weighted by molar-refractivity contribution is -0.115. The summed E-state index contributed by atoms with van der Waals surface area (Å²) in [7, 11) is 0. The van der Waals surface area contributed by atoms with Gasteiger partial charge in [-0.15, -0.1) is 0 Å². The molecule has 5 nitrogen and oxygen atoms in total. The number of phenolic OH excluding ortho intramolecular Hbond substituents is 2. The first kappa shape index (κ1) is 17.4. The number of phenols is 2. The molecule has 0 saturated carbocycles. The number of halogens is 1. The predicted octanol–water partition coefficient (Wildman–Crippen LogP) is 4.26. The number of hydrogen-bond donors (Lipinski definition) is 3. The second kappa shape index (κ2) is 6.82. The molecule has 2 aromatic carbocycles. The van der Waals surface area contributed by atoms with Gasteiger partial charge >= 0.3 is 0 Å². The molecule has 0 radical (unpaired) electrons. The number of carbonyl (C=O) groups is 1. The van der Waals surface area contributed by atoms with Crippen LogP contribution in [0.1, 0.15) is 16.7 Å². The van der Waals surface area contributed by atoms with Gasteiger partial charge in [-0.2, -0.15) is 0 Å². The zero-order valence-corrected chi connectivity index (χ0v) is 15.1. The minimum Gasteiger partial charge on any atom is -0.504 e. The number of aromatic hydroxyl groups is 2. The van der Waals surface area contributed by atoms with Gasteiger partial charge in [0.15, 0.2) is 16.7 Å². The van der Waals surface area contributed by atoms with Crippen LogP contribution in [0.15, 0.2) is 40.2 Å². The van der Waals surface area contributed by atoms with Crippen LogP contribution >= 0.6 is 23.4 Å². The van der Waals surface area contributed by atoms with Crippen LogP contribution in [0, 0.1) is 13.8 Å². The van der Waals surface area contributed by atoms with Gasteiger partial charge in [-0.1, -0.05) is 29.8 Å². The molecule has 1 fully saturated rings. The average Bonchev–Trinajstić information content (AvgIpc) is 2.88. The summed E-state index contributed by atoms with van der Waals surface area (Å²) in [6.45, 7) is 3.93. The molecular weight excluding hydrogens is 360 g/mol. The van der Waals surface area contributed by atoms with Crippen LogP contribution in [0.5, 0.6) is 11.5 Å². The van der Waals surface area contributed by atoms with Crippen molar-refractivity contribution in [3.05, 3.63) is 56.9 Å². The largest absolute Gasteiger partial charge is 0.504 e. The molecule has 25 heavy (non-hydrogen) atoms. The fourth-order valence-corrected chi connectivity index (χ4v) is 3.45. The van der Waals surface area contributed by atoms with Crippen LogP contribution in [0.3, 0.4) is 0 Å². The number of amides is 1. The first-order valence-electron chi connectivity index (χ1n) is 7.42. The molecule has 0 aliphatic carbocycles. The van der Waals surface area contributed by atoms with Gasteiger partial charge in [0.05, 0.1) is 15.6 Å². The highest BCUT2D eigenvalue weighted by molar-refractivity contribution is 8.18. The van der Waals surface area contributed by atoms with E-state index in [2.05, 4.69) is 10.3 Å². The number of para-hydroxylation sites is 1. The topological polar surface area (TPSA) is 81.9 Å². The van der Waals surface area contributed by atoms with Crippen molar-refractivity contribution in [2.45, 2.75) is 13.8 Å². The van der Waals surface area contributed by atoms with Crippen LogP contribution in [0.2, 0.25) is 5.02 Å². The summed E-state index contributed by atoms with van der Waals surface area (Å²) in [6.07, 6.45) is 1.58. The van der Waals surface area contributed by atoms with Crippen LogP contribution in [-0.2, 0) is 4.79 Å². The van der Waals surface area contributed by atoms with E-state index in [0.717, 1.165) is 16.8 Å². The summed E-state index contributed by atoms with van der Waals surface area (Å²) >= 11 is 7.05. The van der Waals surface area contributed by atoms with Crippen molar-refractivity contribution in [2.75, 3.05) is 0 Å². The Labute approximate surface area is 154 Å². The summed E-state index contributed by atoms with van der Waals surface area (Å²) in [5.74, 6) is -1.00. The van der Waals surface area contributed by atoms with E-state index in [9.17, 15) is 15.0 Å². The van der Waals surface area contributed by atoms with Crippen LogP contribution in [-0.4, -0.2) is 21.3 Å². The molecule has 7 heteroatoms. The molecule has 3 N–H and O–H groups in total. The van der Waals surface area contributed by atoms with Crippen LogP contribution in [0.25, 0.3) is 6.08 Å². The average molecular weight is 375 g/mol. The van der Waals surface area contributed by atoms with E-state index >= 15 is 0 Å². The summed E-state index contributed by atoms with van der Waals surface area (Å²) in [6, 6.07) is 8.69. The number of benzene rings is 2. The van der Waals surface area contributed by atoms with Gasteiger partial charge in [0.2, 0.25) is 0 Å². The third-order valence-electron chi connectivity index (χ3n) is 3.67. The molecule has 1 aliphatic rings. The Bertz CT molecular complexity index is 895. The predicted molar refractivity (Wildman–Crippen MR) is 102 cm³/mol. The highest BCUT2D eigenvalue weighted by Crippen LogP contribution is 2.36. The van der Waals surface area contributed by atoms with E-state index in [-0.39, 0.29) is 22.4 Å². The van der Waals surface area contributed by atoms with Gasteiger partial charge in [-0.05, 0) is 60.5 Å². The van der Waals surface area contributed by atoms with Crippen molar-refractivity contribution in [2.24, 2.45) is 4.99 Å². The molecule has 128 valence electrons. The third-order valence-corrected chi connectivity index (χ3v) is 4.87. The number of aliphatic imine (C=N–C) groups is 1. The number of rotatable bonds is 2. The molecule has 0 aromatic heterocycles. The van der Waals surface area contributed by atoms with Gasteiger partial charge in [-0.3, -0.25) is 4.79 Å². The lowest BCUT2D eigenvalue weighted by atomic mass is 10.1. The Morgan fingerprint density at radius 3 is 2.52 bits per heavy atom. The smallest absolute Gasteiger partial charge is 0.264 e. The molecule has 2 aromatic rings. The standard InChI is InChI=1S/C18H15ClN2O3S/c1-9-4-3-5-10(2)15(9)20-18-21-17(24)14(25-18)8-11-6-12(19)16(23)13(22)7-11/h3-8,22-23H,1-2H3,(H,20,21,24)/b14-8+. The van der Waals surface area contributed by atoms with Crippen molar-refractivity contribution >= 4 is 46.2 Å². The lowest BCUT2D eigenvalue weighted by Gasteiger charge is -2.04. The summed E-state index contributed by atoms with van der Waals surface area (Å²) in [4.78, 5) is 17.1. The molecule has 1 saturated heterocycles. The van der Waals surface area contributed by atoms with E-state index in [1.54, 1.807) is 6.08 Å². The van der Waals surface area contributed by atoms with Crippen molar-refractivity contribution in [1.29, 1.82) is 0 Å². The Morgan fingerprint density at radius 1 is 1.20 bits per heavy atom. The van der Waals surface area contributed by atoms with Crippen molar-refractivity contribution in [3.8, 4) is 11.5 Å². The number of thioether (sulfide) groups is 1. The first-order chi connectivity index (χ1) is 11.8. The maximum Gasteiger partial charge on any atom is 0.264 e. The summed E-state index contributed by atoms with van der Waals surface area (Å²) in [5.41, 5.74) is 3.38. The number of amidine groups is 1. The Balaban J connectivity index is 1.92. The van der Waals surface area contributed by atoms with Gasteiger partial charge in [0.1, 0.15) is 0 Å². The second-order valence-electron chi connectivity index (χ2n) is 5.59. The van der Waals surface area contributed by atoms with Gasteiger partial charge in [0.25, 0.3) is 5.91 Å². The van der Waals surface area contributed by atoms with Crippen LogP contribution in [0.4, 0.5) is 5.69 Å². The molecule has 0 atom stereocenters. The number of nitrogens with zero attached hydrogens (tertiary/aromatic N) is 1. The number of nitrogens with one attached hydrogen (secondary N) is 1. The normalized spacial score (nSPS) is 17.3. The molecule has 0 spiro atoms. The van der Waals surface area contributed by atoms with Gasteiger partial charge in [0, 0.05) is 0 Å². The van der Waals surface area contributed by atoms with Gasteiger partial charge in [-0.25, -0.2) is 4.99 Å². The first-order valence-corrected chi connectivity index (χ1v) is 8.62. The second-order valence-corrected chi connectivity index (χ2v) is 7.03. The van der Waals surface area contributed by atoms with Crippen molar-refractivity contribution in [3.63, 3.8) is 0 Å². The lowest BCUT2D eigenvalue weighted by Crippen LogP contribution is -2.19. The minimum atomic E-state index is -0.385. The Morgan fingerprint density at radius 2 is 1.88 bits per heavy atom. The molecule has 1 heterocycles. The highest BCUT2D eigenvalue weighted by Gasteiger charge is 2.24. The number of carbonyl (C=O) groups excluding carboxylic acids is 1. The quantitative estimate of drug-likeness (QED) is 0.542. The molecule has 1 amide bonds. The zero-order chi connectivity index (χ0) is 18.1. The maximum atomic E-state index is 12.2. The zero-order valence-electron chi connectivity index (χ0n) is 13.5. The SMILES string of the molecule is Cc1cccc(C)c1N=C1NC(=O)/C(=C\c2cc(O)c(O)c(Cl)c2)S1. The Hall–Kier alpha value is -2.44. The number of aryl methyl sites for hydroxylation is 2. The molecule has 1 aliphatic heterocycles. The monoisotopic (exact) mass is 374 g/mol. The van der Waals surface area contributed by atoms with E-state index < -0.39 is 0 Å². The number of hydrogen-bond acceptors (Lipinski definition) is 5. The summed E-state index contributed by atoms with van der Waals surface area (Å²) in [5, 5.41) is 22.4. The van der Waals surface area contributed by atoms with E-state index in [1.165, 1.54) is 23.9 Å². The molecule has 0 unspecified atom stereocenters. The molecular formula is C18H15ClN2O3S. The molecule has 0 bridgehead atoms. The van der Waals surface area contributed by atoms with Crippen LogP contribution < -0.4 is 5.32 Å². The van der Waals surface area contributed by atoms with Crippen molar-refractivity contribution in [1.82, 2.24) is 5.32 Å². The third kappa shape index (κ3) is 3.65.